The zero-order chi connectivity index (χ0) is 10.7. The summed E-state index contributed by atoms with van der Waals surface area (Å²) in [4.78, 5) is 11.0. The molecule has 1 aliphatic rings. The van der Waals surface area contributed by atoms with Crippen LogP contribution in [0.4, 0.5) is 0 Å². The van der Waals surface area contributed by atoms with Gasteiger partial charge in [0.05, 0.1) is 5.69 Å². The highest BCUT2D eigenvalue weighted by Crippen LogP contribution is 2.09. The lowest BCUT2D eigenvalue weighted by Crippen LogP contribution is -2.56. The molecular formula is C11H18N4. The molecule has 82 valence electrons. The van der Waals surface area contributed by atoms with Crippen LogP contribution in [0.1, 0.15) is 18.4 Å². The smallest absolute Gasteiger partial charge is 0.125 e. The summed E-state index contributed by atoms with van der Waals surface area (Å²) < 4.78 is 0. The predicted molar refractivity (Wildman–Crippen MR) is 59.5 cm³/mol. The quantitative estimate of drug-likeness (QED) is 0.782. The van der Waals surface area contributed by atoms with E-state index in [1.54, 1.807) is 0 Å². The van der Waals surface area contributed by atoms with E-state index in [-0.39, 0.29) is 0 Å². The van der Waals surface area contributed by atoms with Crippen molar-refractivity contribution in [2.45, 2.75) is 26.4 Å². The standard InChI is InChI=1S/C11H18N4/c1-3-15(11-6-12-7-11)8-10-4-5-13-9(2)14-10/h4-5,11-12H,3,6-8H2,1-2H3. The fourth-order valence-electron chi connectivity index (χ4n) is 1.83. The topological polar surface area (TPSA) is 41.1 Å². The third-order valence-electron chi connectivity index (χ3n) is 2.88. The van der Waals surface area contributed by atoms with E-state index >= 15 is 0 Å². The first kappa shape index (κ1) is 10.5. The molecule has 1 fully saturated rings. The third-order valence-corrected chi connectivity index (χ3v) is 2.88. The van der Waals surface area contributed by atoms with Gasteiger partial charge in [-0.2, -0.15) is 0 Å². The highest BCUT2D eigenvalue weighted by Gasteiger charge is 2.23. The number of aromatic nitrogens is 2. The number of nitrogens with one attached hydrogen (secondary N) is 1. The molecule has 1 aliphatic heterocycles. The molecule has 0 spiro atoms. The van der Waals surface area contributed by atoms with Gasteiger partial charge in [0.2, 0.25) is 0 Å². The Morgan fingerprint density at radius 3 is 2.87 bits per heavy atom. The molecular weight excluding hydrogens is 188 g/mol. The second kappa shape index (κ2) is 4.68. The lowest BCUT2D eigenvalue weighted by Gasteiger charge is -2.37. The van der Waals surface area contributed by atoms with E-state index in [1.165, 1.54) is 0 Å². The molecule has 0 amide bonds. The van der Waals surface area contributed by atoms with Crippen LogP contribution in [0, 0.1) is 6.92 Å². The van der Waals surface area contributed by atoms with Crippen LogP contribution in [-0.4, -0.2) is 40.5 Å². The van der Waals surface area contributed by atoms with Crippen molar-refractivity contribution in [1.29, 1.82) is 0 Å². The first-order valence-electron chi connectivity index (χ1n) is 5.53. The maximum Gasteiger partial charge on any atom is 0.125 e. The average molecular weight is 206 g/mol. The lowest BCUT2D eigenvalue weighted by molar-refractivity contribution is 0.143. The van der Waals surface area contributed by atoms with E-state index < -0.39 is 0 Å². The van der Waals surface area contributed by atoms with Crippen molar-refractivity contribution in [3.63, 3.8) is 0 Å². The molecule has 1 aromatic rings. The minimum absolute atomic E-state index is 0.685. The third kappa shape index (κ3) is 2.52. The van der Waals surface area contributed by atoms with Crippen molar-refractivity contribution in [3.8, 4) is 0 Å². The highest BCUT2D eigenvalue weighted by molar-refractivity contribution is 5.02. The SMILES string of the molecule is CCN(Cc1ccnc(C)n1)C1CNC1. The van der Waals surface area contributed by atoms with Gasteiger partial charge < -0.3 is 5.32 Å². The largest absolute Gasteiger partial charge is 0.314 e. The molecule has 2 rings (SSSR count). The van der Waals surface area contributed by atoms with E-state index in [0.29, 0.717) is 6.04 Å². The van der Waals surface area contributed by atoms with E-state index in [1.807, 2.05) is 19.2 Å². The molecule has 0 atom stereocenters. The number of aryl methyl sites for hydroxylation is 1. The molecule has 0 radical (unpaired) electrons. The van der Waals surface area contributed by atoms with Crippen molar-refractivity contribution in [2.75, 3.05) is 19.6 Å². The van der Waals surface area contributed by atoms with Crippen molar-refractivity contribution >= 4 is 0 Å². The van der Waals surface area contributed by atoms with Gasteiger partial charge in [0, 0.05) is 31.9 Å². The summed E-state index contributed by atoms with van der Waals surface area (Å²) in [6.45, 7) is 8.37. The number of likely N-dealkylation sites (N-methyl/N-ethyl adjacent to an activating group) is 1. The van der Waals surface area contributed by atoms with E-state index in [9.17, 15) is 0 Å². The van der Waals surface area contributed by atoms with Gasteiger partial charge in [0.1, 0.15) is 5.82 Å². The van der Waals surface area contributed by atoms with Crippen molar-refractivity contribution in [3.05, 3.63) is 23.8 Å². The molecule has 2 heterocycles. The molecule has 0 unspecified atom stereocenters. The average Bonchev–Trinajstić information content (AvgIpc) is 2.14. The Hall–Kier alpha value is -1.00. The summed E-state index contributed by atoms with van der Waals surface area (Å²) in [6.07, 6.45) is 1.84. The van der Waals surface area contributed by atoms with Crippen LogP contribution in [0.15, 0.2) is 12.3 Å². The Morgan fingerprint density at radius 2 is 2.33 bits per heavy atom. The molecule has 4 nitrogen and oxygen atoms in total. The normalized spacial score (nSPS) is 16.7. The van der Waals surface area contributed by atoms with Gasteiger partial charge in [-0.15, -0.1) is 0 Å². The first-order valence-corrected chi connectivity index (χ1v) is 5.53. The Balaban J connectivity index is 1.99. The van der Waals surface area contributed by atoms with Crippen LogP contribution in [0.2, 0.25) is 0 Å². The molecule has 0 aromatic carbocycles. The first-order chi connectivity index (χ1) is 7.29. The van der Waals surface area contributed by atoms with Gasteiger partial charge in [0.25, 0.3) is 0 Å². The predicted octanol–water partition coefficient (Wildman–Crippen LogP) is 0.579. The maximum absolute atomic E-state index is 4.43. The molecule has 1 saturated heterocycles. The fraction of sp³-hybridized carbons (Fsp3) is 0.636. The minimum atomic E-state index is 0.685. The van der Waals surface area contributed by atoms with Gasteiger partial charge in [-0.1, -0.05) is 6.92 Å². The molecule has 1 N–H and O–H groups in total. The van der Waals surface area contributed by atoms with Crippen LogP contribution < -0.4 is 5.32 Å². The van der Waals surface area contributed by atoms with Crippen LogP contribution in [-0.2, 0) is 6.54 Å². The summed E-state index contributed by atoms with van der Waals surface area (Å²) in [6, 6.07) is 2.69. The second-order valence-electron chi connectivity index (χ2n) is 3.97. The Morgan fingerprint density at radius 1 is 1.53 bits per heavy atom. The van der Waals surface area contributed by atoms with Crippen LogP contribution in [0.25, 0.3) is 0 Å². The molecule has 0 bridgehead atoms. The van der Waals surface area contributed by atoms with Gasteiger partial charge in [-0.3, -0.25) is 4.90 Å². The van der Waals surface area contributed by atoms with Crippen LogP contribution >= 0.6 is 0 Å². The Labute approximate surface area is 90.7 Å². The summed E-state index contributed by atoms with van der Waals surface area (Å²) in [7, 11) is 0. The molecule has 15 heavy (non-hydrogen) atoms. The van der Waals surface area contributed by atoms with Gasteiger partial charge in [0.15, 0.2) is 0 Å². The number of hydrogen-bond donors (Lipinski definition) is 1. The summed E-state index contributed by atoms with van der Waals surface area (Å²) >= 11 is 0. The molecule has 0 saturated carbocycles. The van der Waals surface area contributed by atoms with E-state index in [0.717, 1.165) is 37.7 Å². The zero-order valence-electron chi connectivity index (χ0n) is 9.40. The van der Waals surface area contributed by atoms with Crippen LogP contribution in [0.5, 0.6) is 0 Å². The maximum atomic E-state index is 4.43. The van der Waals surface area contributed by atoms with Crippen molar-refractivity contribution in [2.24, 2.45) is 0 Å². The number of rotatable bonds is 4. The molecule has 4 heteroatoms. The van der Waals surface area contributed by atoms with Gasteiger partial charge >= 0.3 is 0 Å². The summed E-state index contributed by atoms with van der Waals surface area (Å²) in [5, 5.41) is 3.30. The van der Waals surface area contributed by atoms with E-state index in [2.05, 4.69) is 27.1 Å². The highest BCUT2D eigenvalue weighted by atomic mass is 15.2. The monoisotopic (exact) mass is 206 g/mol. The Bertz CT molecular complexity index is 322. The molecule has 1 aromatic heterocycles. The van der Waals surface area contributed by atoms with E-state index in [4.69, 9.17) is 0 Å². The Kier molecular flexibility index (Phi) is 3.28. The second-order valence-corrected chi connectivity index (χ2v) is 3.97. The van der Waals surface area contributed by atoms with Crippen molar-refractivity contribution in [1.82, 2.24) is 20.2 Å². The van der Waals surface area contributed by atoms with Crippen molar-refractivity contribution < 1.29 is 0 Å². The summed E-state index contributed by atoms with van der Waals surface area (Å²) in [5.41, 5.74) is 1.12. The molecule has 0 aliphatic carbocycles. The number of hydrogen-bond acceptors (Lipinski definition) is 4. The minimum Gasteiger partial charge on any atom is -0.314 e. The zero-order valence-corrected chi connectivity index (χ0v) is 9.40. The lowest BCUT2D eigenvalue weighted by atomic mass is 10.1. The van der Waals surface area contributed by atoms with Gasteiger partial charge in [-0.05, 0) is 19.5 Å². The van der Waals surface area contributed by atoms with Gasteiger partial charge in [-0.25, -0.2) is 9.97 Å². The fourth-order valence-corrected chi connectivity index (χ4v) is 1.83. The van der Waals surface area contributed by atoms with Crippen LogP contribution in [0.3, 0.4) is 0 Å². The number of nitrogens with zero attached hydrogens (tertiary/aromatic N) is 3. The summed E-state index contributed by atoms with van der Waals surface area (Å²) in [5.74, 6) is 0.857.